The molecule has 1 aliphatic carbocycles. The number of alkyl halides is 2. The first kappa shape index (κ1) is 19.9. The summed E-state index contributed by atoms with van der Waals surface area (Å²) < 4.78 is 35.9. The molecule has 2 aromatic heterocycles. The van der Waals surface area contributed by atoms with Crippen molar-refractivity contribution in [1.82, 2.24) is 15.0 Å². The van der Waals surface area contributed by atoms with Gasteiger partial charge in [0.25, 0.3) is 0 Å². The van der Waals surface area contributed by atoms with Gasteiger partial charge in [0.2, 0.25) is 5.95 Å². The molecule has 10 heteroatoms. The Labute approximate surface area is 184 Å². The number of hydrogen-bond acceptors (Lipinski definition) is 8. The fourth-order valence-corrected chi connectivity index (χ4v) is 5.52. The lowest BCUT2D eigenvalue weighted by molar-refractivity contribution is -0.0494. The van der Waals surface area contributed by atoms with E-state index in [0.717, 1.165) is 51.5 Å². The third-order valence-corrected chi connectivity index (χ3v) is 7.41. The van der Waals surface area contributed by atoms with Crippen molar-refractivity contribution < 1.29 is 18.3 Å². The maximum Gasteiger partial charge on any atom is 0.387 e. The number of halogens is 2. The number of rotatable bonds is 5. The van der Waals surface area contributed by atoms with E-state index in [0.29, 0.717) is 29.2 Å². The normalized spacial score (nSPS) is 28.7. The van der Waals surface area contributed by atoms with Crippen LogP contribution in [0.1, 0.15) is 25.7 Å². The molecule has 1 atom stereocenters. The average molecular weight is 444 g/mol. The van der Waals surface area contributed by atoms with Crippen LogP contribution in [-0.4, -0.2) is 60.5 Å². The van der Waals surface area contributed by atoms with Gasteiger partial charge >= 0.3 is 6.61 Å². The second-order valence-corrected chi connectivity index (χ2v) is 9.52. The standard InChI is InChI=1S/C22H26F2N6O2/c23-20(24)32-17-7-14(9-26-19(17)25)16-8-18(29-3-1-22(11-29)2-4-31-12-22)28-21(27-16)30-10-13-5-15(30)6-13/h7-9,13,15,20H,1-6,10-12H2,(H2,25,26). The molecule has 5 aliphatic rings. The molecule has 0 radical (unpaired) electrons. The zero-order chi connectivity index (χ0) is 21.9. The highest BCUT2D eigenvalue weighted by atomic mass is 19.3. The Balaban J connectivity index is 1.38. The first-order valence-corrected chi connectivity index (χ1v) is 11.2. The molecule has 170 valence electrons. The zero-order valence-corrected chi connectivity index (χ0v) is 17.7. The van der Waals surface area contributed by atoms with Gasteiger partial charge in [0.05, 0.1) is 12.3 Å². The van der Waals surface area contributed by atoms with Gasteiger partial charge in [-0.25, -0.2) is 9.97 Å². The molecule has 4 saturated heterocycles. The van der Waals surface area contributed by atoms with E-state index in [1.807, 2.05) is 6.07 Å². The van der Waals surface area contributed by atoms with Gasteiger partial charge in [0.15, 0.2) is 11.6 Å². The summed E-state index contributed by atoms with van der Waals surface area (Å²) in [5.41, 5.74) is 7.13. The lowest BCUT2D eigenvalue weighted by Crippen LogP contribution is -2.31. The molecule has 2 bridgehead atoms. The second kappa shape index (κ2) is 7.40. The topological polar surface area (TPSA) is 89.6 Å². The highest BCUT2D eigenvalue weighted by molar-refractivity contribution is 5.68. The van der Waals surface area contributed by atoms with Crippen molar-refractivity contribution in [3.63, 3.8) is 0 Å². The van der Waals surface area contributed by atoms with E-state index in [1.165, 1.54) is 18.9 Å². The summed E-state index contributed by atoms with van der Waals surface area (Å²) in [4.78, 5) is 18.4. The van der Waals surface area contributed by atoms with Gasteiger partial charge < -0.3 is 25.0 Å². The maximum atomic E-state index is 12.8. The van der Waals surface area contributed by atoms with E-state index in [2.05, 4.69) is 19.5 Å². The van der Waals surface area contributed by atoms with Crippen LogP contribution in [0.25, 0.3) is 11.3 Å². The molecule has 0 aromatic carbocycles. The number of ether oxygens (including phenoxy) is 2. The van der Waals surface area contributed by atoms with E-state index in [9.17, 15) is 8.78 Å². The predicted octanol–water partition coefficient (Wildman–Crippen LogP) is 2.94. The number of anilines is 3. The Morgan fingerprint density at radius 1 is 1.22 bits per heavy atom. The van der Waals surface area contributed by atoms with Gasteiger partial charge in [-0.2, -0.15) is 13.8 Å². The van der Waals surface area contributed by atoms with Crippen molar-refractivity contribution in [3.8, 4) is 17.0 Å². The van der Waals surface area contributed by atoms with Crippen molar-refractivity contribution in [2.75, 3.05) is 48.4 Å². The lowest BCUT2D eigenvalue weighted by atomic mass is 9.86. The van der Waals surface area contributed by atoms with Gasteiger partial charge in [-0.1, -0.05) is 0 Å². The lowest BCUT2D eigenvalue weighted by Gasteiger charge is -2.27. The van der Waals surface area contributed by atoms with Crippen molar-refractivity contribution in [1.29, 1.82) is 0 Å². The molecule has 5 fully saturated rings. The van der Waals surface area contributed by atoms with Crippen LogP contribution >= 0.6 is 0 Å². The minimum Gasteiger partial charge on any atom is -0.431 e. The van der Waals surface area contributed by atoms with Gasteiger partial charge in [0.1, 0.15) is 5.82 Å². The summed E-state index contributed by atoms with van der Waals surface area (Å²) in [6.45, 7) is 1.40. The quantitative estimate of drug-likeness (QED) is 0.753. The number of nitrogens with two attached hydrogens (primary N) is 1. The molecule has 0 amide bonds. The van der Waals surface area contributed by atoms with Crippen LogP contribution in [0.2, 0.25) is 0 Å². The Morgan fingerprint density at radius 3 is 2.81 bits per heavy atom. The zero-order valence-electron chi connectivity index (χ0n) is 17.7. The highest BCUT2D eigenvalue weighted by Crippen LogP contribution is 2.44. The number of aromatic nitrogens is 3. The molecule has 7 rings (SSSR count). The van der Waals surface area contributed by atoms with E-state index < -0.39 is 6.61 Å². The fourth-order valence-electron chi connectivity index (χ4n) is 5.52. The number of nitrogens with zero attached hydrogens (tertiary/aromatic N) is 5. The summed E-state index contributed by atoms with van der Waals surface area (Å²) >= 11 is 0. The highest BCUT2D eigenvalue weighted by Gasteiger charge is 2.45. The number of pyridine rings is 1. The van der Waals surface area contributed by atoms with Crippen LogP contribution in [0, 0.1) is 11.3 Å². The van der Waals surface area contributed by atoms with Gasteiger partial charge in [-0.3, -0.25) is 0 Å². The molecule has 1 spiro atoms. The Kier molecular flexibility index (Phi) is 4.60. The molecule has 1 saturated carbocycles. The Hall–Kier alpha value is -2.75. The fraction of sp³-hybridized carbons (Fsp3) is 0.591. The first-order valence-electron chi connectivity index (χ1n) is 11.2. The van der Waals surface area contributed by atoms with Crippen LogP contribution in [0.4, 0.5) is 26.4 Å². The van der Waals surface area contributed by atoms with Crippen molar-refractivity contribution in [3.05, 3.63) is 18.3 Å². The van der Waals surface area contributed by atoms with E-state index in [4.69, 9.17) is 20.4 Å². The SMILES string of the molecule is Nc1ncc(-c2cc(N3CCC4(CCOC4)C3)nc(N3CC4CC3C4)n2)cc1OC(F)F. The Bertz CT molecular complexity index is 1030. The molecule has 6 heterocycles. The predicted molar refractivity (Wildman–Crippen MR) is 115 cm³/mol. The van der Waals surface area contributed by atoms with E-state index in [1.54, 1.807) is 6.20 Å². The average Bonchev–Trinajstić information content (AvgIpc) is 3.54. The molecular weight excluding hydrogens is 418 g/mol. The number of nitrogen functional groups attached to an aromatic ring is 1. The van der Waals surface area contributed by atoms with Crippen molar-refractivity contribution >= 4 is 17.6 Å². The Morgan fingerprint density at radius 2 is 2.09 bits per heavy atom. The van der Waals surface area contributed by atoms with Crippen LogP contribution in [0.5, 0.6) is 5.75 Å². The maximum absolute atomic E-state index is 12.8. The number of fused-ring (bicyclic) bond motifs is 1. The van der Waals surface area contributed by atoms with E-state index >= 15 is 0 Å². The summed E-state index contributed by atoms with van der Waals surface area (Å²) in [5, 5.41) is 0. The minimum absolute atomic E-state index is 0.0772. The second-order valence-electron chi connectivity index (χ2n) is 9.52. The monoisotopic (exact) mass is 444 g/mol. The minimum atomic E-state index is -2.98. The molecule has 8 nitrogen and oxygen atoms in total. The van der Waals surface area contributed by atoms with Crippen LogP contribution < -0.4 is 20.3 Å². The van der Waals surface area contributed by atoms with E-state index in [-0.39, 0.29) is 17.0 Å². The summed E-state index contributed by atoms with van der Waals surface area (Å²) in [7, 11) is 0. The van der Waals surface area contributed by atoms with Crippen molar-refractivity contribution in [2.24, 2.45) is 11.3 Å². The van der Waals surface area contributed by atoms with Crippen LogP contribution in [0.15, 0.2) is 18.3 Å². The molecule has 2 aromatic rings. The molecule has 4 aliphatic heterocycles. The third kappa shape index (κ3) is 3.41. The summed E-state index contributed by atoms with van der Waals surface area (Å²) in [6, 6.07) is 3.88. The van der Waals surface area contributed by atoms with Gasteiger partial charge in [-0.05, 0) is 37.7 Å². The summed E-state index contributed by atoms with van der Waals surface area (Å²) in [6.07, 6.45) is 6.06. The van der Waals surface area contributed by atoms with Crippen LogP contribution in [-0.2, 0) is 4.74 Å². The molecule has 2 N–H and O–H groups in total. The first-order chi connectivity index (χ1) is 15.5. The van der Waals surface area contributed by atoms with Gasteiger partial charge in [0, 0.05) is 55.5 Å². The number of hydrogen-bond donors (Lipinski definition) is 1. The van der Waals surface area contributed by atoms with Crippen molar-refractivity contribution in [2.45, 2.75) is 38.3 Å². The third-order valence-electron chi connectivity index (χ3n) is 7.41. The molecular formula is C22H26F2N6O2. The molecule has 32 heavy (non-hydrogen) atoms. The smallest absolute Gasteiger partial charge is 0.387 e. The molecule has 1 unspecified atom stereocenters. The van der Waals surface area contributed by atoms with Gasteiger partial charge in [-0.15, -0.1) is 0 Å². The summed E-state index contributed by atoms with van der Waals surface area (Å²) in [5.74, 6) is 2.04. The van der Waals surface area contributed by atoms with Crippen LogP contribution in [0.3, 0.4) is 0 Å². The largest absolute Gasteiger partial charge is 0.431 e.